The Balaban J connectivity index is 1.32. The average molecular weight is 393 g/mol. The van der Waals surface area contributed by atoms with Gasteiger partial charge in [-0.05, 0) is 43.5 Å². The number of rotatable bonds is 4. The predicted molar refractivity (Wildman–Crippen MR) is 112 cm³/mol. The van der Waals surface area contributed by atoms with E-state index in [-0.39, 0.29) is 5.91 Å². The summed E-state index contributed by atoms with van der Waals surface area (Å²) >= 11 is 1.69. The van der Waals surface area contributed by atoms with Crippen molar-refractivity contribution in [3.05, 3.63) is 66.1 Å². The lowest BCUT2D eigenvalue weighted by Gasteiger charge is -2.25. The summed E-state index contributed by atoms with van der Waals surface area (Å²) < 4.78 is 2.03. The standard InChI is InChI=1S/C22H24N4OS/c27-22(26-12-10-16-8-9-17(13-26)23-16)19-5-1-2-6-20(19)28-15-18-14-25-11-4-3-7-21(25)24-18/h1-7,11,14,16-17,23H,8-10,12-13,15H2. The normalized spacial score (nSPS) is 21.8. The number of hydrogen-bond donors (Lipinski definition) is 1. The average Bonchev–Trinajstić information content (AvgIpc) is 3.28. The second-order valence-electron chi connectivity index (χ2n) is 7.66. The maximum absolute atomic E-state index is 13.3. The molecule has 2 aromatic heterocycles. The fourth-order valence-electron chi connectivity index (χ4n) is 4.28. The van der Waals surface area contributed by atoms with Crippen LogP contribution >= 0.6 is 11.8 Å². The molecule has 3 aromatic rings. The second-order valence-corrected chi connectivity index (χ2v) is 8.68. The van der Waals surface area contributed by atoms with Crippen molar-refractivity contribution in [2.45, 2.75) is 42.0 Å². The van der Waals surface area contributed by atoms with Gasteiger partial charge in [-0.2, -0.15) is 0 Å². The summed E-state index contributed by atoms with van der Waals surface area (Å²) in [5.74, 6) is 0.908. The fraction of sp³-hybridized carbons (Fsp3) is 0.364. The van der Waals surface area contributed by atoms with Gasteiger partial charge >= 0.3 is 0 Å². The molecule has 6 heteroatoms. The van der Waals surface area contributed by atoms with Gasteiger partial charge in [0.2, 0.25) is 0 Å². The van der Waals surface area contributed by atoms with Crippen LogP contribution in [-0.2, 0) is 5.75 Å². The first-order valence-electron chi connectivity index (χ1n) is 9.96. The van der Waals surface area contributed by atoms with E-state index in [1.165, 1.54) is 12.8 Å². The van der Waals surface area contributed by atoms with Crippen LogP contribution in [-0.4, -0.2) is 45.4 Å². The van der Waals surface area contributed by atoms with E-state index in [4.69, 9.17) is 0 Å². The van der Waals surface area contributed by atoms with Crippen LogP contribution in [0.4, 0.5) is 0 Å². The van der Waals surface area contributed by atoms with E-state index in [2.05, 4.69) is 22.6 Å². The molecule has 2 aliphatic rings. The lowest BCUT2D eigenvalue weighted by Crippen LogP contribution is -2.39. The van der Waals surface area contributed by atoms with Gasteiger partial charge in [0.15, 0.2) is 0 Å². The van der Waals surface area contributed by atoms with E-state index < -0.39 is 0 Å². The molecular weight excluding hydrogens is 368 g/mol. The second kappa shape index (κ2) is 7.60. The van der Waals surface area contributed by atoms with Crippen molar-refractivity contribution >= 4 is 23.3 Å². The summed E-state index contributed by atoms with van der Waals surface area (Å²) in [6.45, 7) is 1.67. The van der Waals surface area contributed by atoms with Gasteiger partial charge in [-0.3, -0.25) is 4.79 Å². The highest BCUT2D eigenvalue weighted by atomic mass is 32.2. The van der Waals surface area contributed by atoms with Crippen molar-refractivity contribution in [2.75, 3.05) is 13.1 Å². The Morgan fingerprint density at radius 1 is 1.11 bits per heavy atom. The first kappa shape index (κ1) is 17.8. The molecule has 28 heavy (non-hydrogen) atoms. The van der Waals surface area contributed by atoms with E-state index in [1.807, 2.05) is 51.9 Å². The summed E-state index contributed by atoms with van der Waals surface area (Å²) in [4.78, 5) is 21.0. The Morgan fingerprint density at radius 3 is 2.89 bits per heavy atom. The highest BCUT2D eigenvalue weighted by Gasteiger charge is 2.32. The lowest BCUT2D eigenvalue weighted by atomic mass is 10.1. The van der Waals surface area contributed by atoms with Gasteiger partial charge in [0.05, 0.1) is 11.3 Å². The van der Waals surface area contributed by atoms with E-state index in [0.29, 0.717) is 12.1 Å². The molecule has 5 rings (SSSR count). The van der Waals surface area contributed by atoms with Crippen LogP contribution in [0.5, 0.6) is 0 Å². The molecule has 2 bridgehead atoms. The third-order valence-electron chi connectivity index (χ3n) is 5.72. The molecule has 144 valence electrons. The predicted octanol–water partition coefficient (Wildman–Crippen LogP) is 3.59. The number of fused-ring (bicyclic) bond motifs is 3. The minimum atomic E-state index is 0.160. The van der Waals surface area contributed by atoms with Crippen LogP contribution in [0.2, 0.25) is 0 Å². The van der Waals surface area contributed by atoms with E-state index in [9.17, 15) is 4.79 Å². The van der Waals surface area contributed by atoms with E-state index in [1.54, 1.807) is 11.8 Å². The van der Waals surface area contributed by atoms with Crippen LogP contribution in [0.1, 0.15) is 35.3 Å². The van der Waals surface area contributed by atoms with Crippen molar-refractivity contribution in [3.8, 4) is 0 Å². The zero-order valence-electron chi connectivity index (χ0n) is 15.8. The third kappa shape index (κ3) is 3.54. The molecular formula is C22H24N4OS. The van der Waals surface area contributed by atoms with Crippen LogP contribution in [0.25, 0.3) is 5.65 Å². The Bertz CT molecular complexity index is 968. The number of amides is 1. The quantitative estimate of drug-likeness (QED) is 0.690. The number of hydrogen-bond acceptors (Lipinski definition) is 4. The molecule has 0 radical (unpaired) electrons. The van der Waals surface area contributed by atoms with Crippen LogP contribution < -0.4 is 5.32 Å². The molecule has 0 aliphatic carbocycles. The number of likely N-dealkylation sites (tertiary alicyclic amines) is 1. The molecule has 2 saturated heterocycles. The number of carbonyl (C=O) groups is 1. The molecule has 2 unspecified atom stereocenters. The van der Waals surface area contributed by atoms with E-state index >= 15 is 0 Å². The molecule has 4 heterocycles. The molecule has 2 atom stereocenters. The van der Waals surface area contributed by atoms with Crippen molar-refractivity contribution in [1.82, 2.24) is 19.6 Å². The number of benzene rings is 1. The number of nitrogens with one attached hydrogen (secondary N) is 1. The molecule has 5 nitrogen and oxygen atoms in total. The van der Waals surface area contributed by atoms with E-state index in [0.717, 1.165) is 47.1 Å². The molecule has 1 N–H and O–H groups in total. The van der Waals surface area contributed by atoms with Gasteiger partial charge in [0.1, 0.15) is 5.65 Å². The Kier molecular flexibility index (Phi) is 4.82. The number of thioether (sulfide) groups is 1. The molecule has 1 amide bonds. The van der Waals surface area contributed by atoms with Crippen LogP contribution in [0.15, 0.2) is 59.8 Å². The minimum Gasteiger partial charge on any atom is -0.337 e. The van der Waals surface area contributed by atoms with Crippen LogP contribution in [0.3, 0.4) is 0 Å². The maximum atomic E-state index is 13.3. The first-order chi connectivity index (χ1) is 13.8. The Hall–Kier alpha value is -2.31. The maximum Gasteiger partial charge on any atom is 0.255 e. The molecule has 0 spiro atoms. The Labute approximate surface area is 169 Å². The van der Waals surface area contributed by atoms with Gasteiger partial charge in [-0.15, -0.1) is 11.8 Å². The smallest absolute Gasteiger partial charge is 0.255 e. The monoisotopic (exact) mass is 392 g/mol. The summed E-state index contributed by atoms with van der Waals surface area (Å²) in [6, 6.07) is 15.0. The third-order valence-corrected chi connectivity index (χ3v) is 6.82. The largest absolute Gasteiger partial charge is 0.337 e. The van der Waals surface area contributed by atoms with Gasteiger partial charge in [-0.25, -0.2) is 4.98 Å². The molecule has 1 aromatic carbocycles. The van der Waals surface area contributed by atoms with Crippen molar-refractivity contribution in [1.29, 1.82) is 0 Å². The minimum absolute atomic E-state index is 0.160. The molecule has 2 aliphatic heterocycles. The van der Waals surface area contributed by atoms with Crippen molar-refractivity contribution < 1.29 is 4.79 Å². The summed E-state index contributed by atoms with van der Waals surface area (Å²) in [7, 11) is 0. The van der Waals surface area contributed by atoms with Gasteiger partial charge in [0, 0.05) is 48.2 Å². The lowest BCUT2D eigenvalue weighted by molar-refractivity contribution is 0.0744. The first-order valence-corrected chi connectivity index (χ1v) is 10.9. The number of carbonyl (C=O) groups excluding carboxylic acids is 1. The highest BCUT2D eigenvalue weighted by molar-refractivity contribution is 7.98. The summed E-state index contributed by atoms with van der Waals surface area (Å²) in [6.07, 6.45) is 7.55. The van der Waals surface area contributed by atoms with Crippen molar-refractivity contribution in [2.24, 2.45) is 0 Å². The van der Waals surface area contributed by atoms with Gasteiger partial charge in [-0.1, -0.05) is 18.2 Å². The molecule has 2 fully saturated rings. The Morgan fingerprint density at radius 2 is 1.96 bits per heavy atom. The zero-order chi connectivity index (χ0) is 18.9. The number of pyridine rings is 1. The van der Waals surface area contributed by atoms with Crippen LogP contribution in [0, 0.1) is 0 Å². The number of aromatic nitrogens is 2. The topological polar surface area (TPSA) is 49.6 Å². The number of nitrogens with zero attached hydrogens (tertiary/aromatic N) is 3. The highest BCUT2D eigenvalue weighted by Crippen LogP contribution is 2.28. The summed E-state index contributed by atoms with van der Waals surface area (Å²) in [5, 5.41) is 3.65. The summed E-state index contributed by atoms with van der Waals surface area (Å²) in [5.41, 5.74) is 2.79. The number of imidazole rings is 1. The van der Waals surface area contributed by atoms with Gasteiger partial charge < -0.3 is 14.6 Å². The fourth-order valence-corrected chi connectivity index (χ4v) is 5.20. The van der Waals surface area contributed by atoms with Gasteiger partial charge in [0.25, 0.3) is 5.91 Å². The van der Waals surface area contributed by atoms with Crippen molar-refractivity contribution in [3.63, 3.8) is 0 Å². The SMILES string of the molecule is O=C(c1ccccc1SCc1cn2ccccc2n1)N1CCC2CCC(C1)N2. The zero-order valence-corrected chi connectivity index (χ0v) is 16.6. The molecule has 0 saturated carbocycles.